The Morgan fingerprint density at radius 3 is 1.38 bits per heavy atom. The molecule has 0 N–H and O–H groups in total. The summed E-state index contributed by atoms with van der Waals surface area (Å²) in [5.41, 5.74) is 9.77. The second kappa shape index (κ2) is 15.6. The van der Waals surface area contributed by atoms with E-state index < -0.39 is 0 Å². The van der Waals surface area contributed by atoms with E-state index in [4.69, 9.17) is 0 Å². The summed E-state index contributed by atoms with van der Waals surface area (Å²) in [6.07, 6.45) is 3.40. The van der Waals surface area contributed by atoms with E-state index >= 15 is 0 Å². The van der Waals surface area contributed by atoms with Crippen molar-refractivity contribution in [2.75, 3.05) is 9.80 Å². The van der Waals surface area contributed by atoms with Crippen LogP contribution in [0, 0.1) is 11.3 Å². The maximum atomic E-state index is 2.48. The molecule has 306 valence electrons. The summed E-state index contributed by atoms with van der Waals surface area (Å²) >= 11 is 0. The van der Waals surface area contributed by atoms with Crippen molar-refractivity contribution < 1.29 is 0 Å². The molecule has 2 unspecified atom stereocenters. The third-order valence-corrected chi connectivity index (χ3v) is 13.8. The van der Waals surface area contributed by atoms with E-state index in [-0.39, 0.29) is 10.8 Å². The van der Waals surface area contributed by atoms with Crippen LogP contribution >= 0.6 is 0 Å². The molecule has 63 heavy (non-hydrogen) atoms. The van der Waals surface area contributed by atoms with Crippen molar-refractivity contribution in [1.82, 2.24) is 0 Å². The highest BCUT2D eigenvalue weighted by atomic mass is 15.1. The lowest BCUT2D eigenvalue weighted by atomic mass is 9.55. The highest BCUT2D eigenvalue weighted by molar-refractivity contribution is 6.14. The third kappa shape index (κ3) is 6.91. The van der Waals surface area contributed by atoms with Crippen LogP contribution in [-0.4, -0.2) is 0 Å². The van der Waals surface area contributed by atoms with E-state index in [0.29, 0.717) is 5.92 Å². The lowest BCUT2D eigenvalue weighted by Crippen LogP contribution is -2.41. The van der Waals surface area contributed by atoms with Crippen molar-refractivity contribution in [3.8, 4) is 0 Å². The fourth-order valence-corrected chi connectivity index (χ4v) is 11.5. The molecule has 0 amide bonds. The van der Waals surface area contributed by atoms with Crippen LogP contribution in [0.3, 0.4) is 0 Å². The number of anilines is 6. The largest absolute Gasteiger partial charge is 0.310 e. The first-order chi connectivity index (χ1) is 30.9. The fourth-order valence-electron chi connectivity index (χ4n) is 11.5. The minimum Gasteiger partial charge on any atom is -0.310 e. The molecule has 1 aliphatic rings. The number of para-hydroxylation sites is 1. The van der Waals surface area contributed by atoms with Crippen molar-refractivity contribution in [2.45, 2.75) is 45.4 Å². The molecule has 0 aromatic heterocycles. The van der Waals surface area contributed by atoms with Crippen molar-refractivity contribution >= 4 is 77.2 Å². The molecule has 11 rings (SSSR count). The highest BCUT2D eigenvalue weighted by Crippen LogP contribution is 2.55. The Hall–Kier alpha value is -7.16. The van der Waals surface area contributed by atoms with Gasteiger partial charge >= 0.3 is 0 Å². The third-order valence-electron chi connectivity index (χ3n) is 13.8. The van der Waals surface area contributed by atoms with E-state index in [0.717, 1.165) is 29.9 Å². The van der Waals surface area contributed by atoms with Gasteiger partial charge in [-0.3, -0.25) is 0 Å². The zero-order valence-corrected chi connectivity index (χ0v) is 36.4. The number of fused-ring (bicyclic) bond motifs is 5. The minimum atomic E-state index is -0.158. The molecule has 1 aliphatic carbocycles. The standard InChI is InChI=1S/C61H52N2/c1-43-40-60(2,3)42-61(41-43,47-31-35-50(36-32-47)62(49-22-5-4-6-23-49)59-39-46-19-9-10-24-52(46)55-27-13-14-28-56(55)59)48-33-37-51(38-34-48)63(57-29-15-20-44-17-7-11-25-53(44)57)58-30-16-21-45-18-8-12-26-54(45)58/h4-39,43H,40-42H2,1-3H3. The zero-order valence-electron chi connectivity index (χ0n) is 36.4. The van der Waals surface area contributed by atoms with Gasteiger partial charge in [-0.1, -0.05) is 185 Å². The lowest BCUT2D eigenvalue weighted by molar-refractivity contribution is 0.127. The van der Waals surface area contributed by atoms with E-state index in [1.807, 2.05) is 0 Å². The number of hydrogen-bond donors (Lipinski definition) is 0. The van der Waals surface area contributed by atoms with Crippen molar-refractivity contribution in [1.29, 1.82) is 0 Å². The molecule has 10 aromatic rings. The number of rotatable bonds is 8. The Bertz CT molecular complexity index is 3170. The predicted octanol–water partition coefficient (Wildman–Crippen LogP) is 17.4. The van der Waals surface area contributed by atoms with Gasteiger partial charge < -0.3 is 9.80 Å². The number of nitrogens with zero attached hydrogens (tertiary/aromatic N) is 2. The van der Waals surface area contributed by atoms with Crippen LogP contribution in [0.5, 0.6) is 0 Å². The molecule has 1 saturated carbocycles. The molecule has 0 saturated heterocycles. The molecule has 0 spiro atoms. The molecule has 10 aromatic carbocycles. The quantitative estimate of drug-likeness (QED) is 0.141. The average molecular weight is 813 g/mol. The topological polar surface area (TPSA) is 6.48 Å². The fraction of sp³-hybridized carbons (Fsp3) is 0.148. The molecule has 0 heterocycles. The van der Waals surface area contributed by atoms with Crippen molar-refractivity contribution in [3.63, 3.8) is 0 Å². The normalized spacial score (nSPS) is 17.3. The first-order valence-corrected chi connectivity index (χ1v) is 22.6. The second-order valence-electron chi connectivity index (χ2n) is 18.7. The van der Waals surface area contributed by atoms with Gasteiger partial charge in [0.15, 0.2) is 0 Å². The summed E-state index contributed by atoms with van der Waals surface area (Å²) in [7, 11) is 0. The Morgan fingerprint density at radius 2 is 0.810 bits per heavy atom. The number of hydrogen-bond acceptors (Lipinski definition) is 2. The first-order valence-electron chi connectivity index (χ1n) is 22.6. The molecule has 0 bridgehead atoms. The predicted molar refractivity (Wildman–Crippen MR) is 270 cm³/mol. The second-order valence-corrected chi connectivity index (χ2v) is 18.7. The monoisotopic (exact) mass is 812 g/mol. The van der Waals surface area contributed by atoms with Crippen molar-refractivity contribution in [3.05, 3.63) is 230 Å². The Labute approximate surface area is 371 Å². The molecule has 2 heteroatoms. The van der Waals surface area contributed by atoms with Crippen LogP contribution in [0.4, 0.5) is 34.1 Å². The molecule has 0 aliphatic heterocycles. The maximum absolute atomic E-state index is 2.48. The summed E-state index contributed by atoms with van der Waals surface area (Å²) in [5, 5.41) is 9.96. The average Bonchev–Trinajstić information content (AvgIpc) is 3.32. The van der Waals surface area contributed by atoms with E-state index in [9.17, 15) is 0 Å². The van der Waals surface area contributed by atoms with Crippen LogP contribution in [0.1, 0.15) is 51.2 Å². The Balaban J connectivity index is 1.05. The Morgan fingerprint density at radius 1 is 0.365 bits per heavy atom. The minimum absolute atomic E-state index is 0.158. The summed E-state index contributed by atoms with van der Waals surface area (Å²) in [4.78, 5) is 4.92. The van der Waals surface area contributed by atoms with Crippen LogP contribution in [0.2, 0.25) is 0 Å². The Kier molecular flexibility index (Phi) is 9.61. The van der Waals surface area contributed by atoms with Gasteiger partial charge in [-0.2, -0.15) is 0 Å². The van der Waals surface area contributed by atoms with Crippen LogP contribution in [0.15, 0.2) is 218 Å². The van der Waals surface area contributed by atoms with Gasteiger partial charge in [-0.25, -0.2) is 0 Å². The molecular formula is C61H52N2. The van der Waals surface area contributed by atoms with Gasteiger partial charge in [0.25, 0.3) is 0 Å². The van der Waals surface area contributed by atoms with Crippen molar-refractivity contribution in [2.24, 2.45) is 11.3 Å². The zero-order chi connectivity index (χ0) is 42.5. The summed E-state index contributed by atoms with van der Waals surface area (Å²) in [6.45, 7) is 7.42. The molecule has 1 fully saturated rings. The van der Waals surface area contributed by atoms with Crippen LogP contribution in [0.25, 0.3) is 43.1 Å². The van der Waals surface area contributed by atoms with E-state index in [1.165, 1.54) is 77.7 Å². The van der Waals surface area contributed by atoms with Gasteiger partial charge in [0, 0.05) is 38.6 Å². The SMILES string of the molecule is CC1CC(C)(C)CC(c2ccc(N(c3cccc4ccccc34)c3cccc4ccccc34)cc2)(c2ccc(N(c3ccccc3)c3cc4ccccc4c4ccccc34)cc2)C1. The molecule has 2 atom stereocenters. The first kappa shape index (κ1) is 38.7. The molecule has 2 nitrogen and oxygen atoms in total. The van der Waals surface area contributed by atoms with Gasteiger partial charge in [-0.05, 0) is 123 Å². The smallest absolute Gasteiger partial charge is 0.0546 e. The highest BCUT2D eigenvalue weighted by Gasteiger charge is 2.45. The van der Waals surface area contributed by atoms with Gasteiger partial charge in [0.1, 0.15) is 0 Å². The number of benzene rings is 10. The van der Waals surface area contributed by atoms with Gasteiger partial charge in [0.2, 0.25) is 0 Å². The summed E-state index contributed by atoms with van der Waals surface area (Å²) < 4.78 is 0. The van der Waals surface area contributed by atoms with Gasteiger partial charge in [-0.15, -0.1) is 0 Å². The van der Waals surface area contributed by atoms with E-state index in [2.05, 4.69) is 249 Å². The summed E-state index contributed by atoms with van der Waals surface area (Å²) in [5.74, 6) is 0.570. The summed E-state index contributed by atoms with van der Waals surface area (Å²) in [6, 6.07) is 81.0. The molecular weight excluding hydrogens is 761 g/mol. The van der Waals surface area contributed by atoms with Crippen LogP contribution in [-0.2, 0) is 5.41 Å². The molecule has 0 radical (unpaired) electrons. The van der Waals surface area contributed by atoms with Crippen LogP contribution < -0.4 is 9.80 Å². The van der Waals surface area contributed by atoms with E-state index in [1.54, 1.807) is 0 Å². The van der Waals surface area contributed by atoms with Gasteiger partial charge in [0.05, 0.1) is 17.1 Å². The maximum Gasteiger partial charge on any atom is 0.0546 e. The lowest BCUT2D eigenvalue weighted by Gasteiger charge is -2.49.